The molecule has 0 aromatic heterocycles. The highest BCUT2D eigenvalue weighted by Crippen LogP contribution is 2.55. The zero-order chi connectivity index (χ0) is 15.2. The largest absolute Gasteiger partial charge is 0.197 e. The van der Waals surface area contributed by atoms with E-state index in [9.17, 15) is 10.5 Å². The first-order chi connectivity index (χ1) is 10.8. The van der Waals surface area contributed by atoms with E-state index < -0.39 is 5.41 Å². The molecule has 0 saturated carbocycles. The minimum atomic E-state index is -0.541. The van der Waals surface area contributed by atoms with Crippen molar-refractivity contribution in [3.63, 3.8) is 0 Å². The van der Waals surface area contributed by atoms with Crippen LogP contribution in [0.1, 0.15) is 18.4 Å². The summed E-state index contributed by atoms with van der Waals surface area (Å²) in [7, 11) is 0. The maximum absolute atomic E-state index is 10.0. The van der Waals surface area contributed by atoms with Crippen molar-refractivity contribution in [1.82, 2.24) is 0 Å². The molecule has 2 nitrogen and oxygen atoms in total. The molecule has 0 saturated heterocycles. The lowest BCUT2D eigenvalue weighted by Crippen LogP contribution is -2.31. The summed E-state index contributed by atoms with van der Waals surface area (Å²) in [5.41, 5.74) is 4.78. The highest BCUT2D eigenvalue weighted by molar-refractivity contribution is 5.66. The molecule has 2 atom stereocenters. The van der Waals surface area contributed by atoms with Crippen molar-refractivity contribution in [3.05, 3.63) is 82.5 Å². The van der Waals surface area contributed by atoms with Gasteiger partial charge in [-0.2, -0.15) is 10.5 Å². The Kier molecular flexibility index (Phi) is 2.68. The van der Waals surface area contributed by atoms with Crippen LogP contribution >= 0.6 is 0 Å². The Hall–Kier alpha value is -2.84. The van der Waals surface area contributed by atoms with Gasteiger partial charge in [0.2, 0.25) is 0 Å². The quantitative estimate of drug-likeness (QED) is 0.778. The Bertz CT molecular complexity index is 853. The van der Waals surface area contributed by atoms with Crippen molar-refractivity contribution in [2.45, 2.75) is 18.3 Å². The van der Waals surface area contributed by atoms with Gasteiger partial charge in [0.15, 0.2) is 0 Å². The van der Waals surface area contributed by atoms with Crippen LogP contribution in [0.25, 0.3) is 0 Å². The van der Waals surface area contributed by atoms with E-state index in [0.29, 0.717) is 5.57 Å². The van der Waals surface area contributed by atoms with Gasteiger partial charge >= 0.3 is 0 Å². The van der Waals surface area contributed by atoms with Crippen LogP contribution in [0, 0.1) is 28.6 Å². The van der Waals surface area contributed by atoms with Gasteiger partial charge in [-0.1, -0.05) is 54.1 Å². The molecule has 4 rings (SSSR count). The van der Waals surface area contributed by atoms with Crippen LogP contribution in [0.2, 0.25) is 0 Å². The number of hydrogen-bond donors (Lipinski definition) is 0. The Morgan fingerprint density at radius 2 is 1.91 bits per heavy atom. The second-order valence-electron chi connectivity index (χ2n) is 6.03. The molecule has 2 heteroatoms. The van der Waals surface area contributed by atoms with Crippen molar-refractivity contribution < 1.29 is 0 Å². The third kappa shape index (κ3) is 1.53. The van der Waals surface area contributed by atoms with Gasteiger partial charge in [-0.3, -0.25) is 0 Å². The van der Waals surface area contributed by atoms with Crippen LogP contribution in [0.15, 0.2) is 76.9 Å². The van der Waals surface area contributed by atoms with Crippen molar-refractivity contribution in [2.24, 2.45) is 5.92 Å². The molecule has 0 bridgehead atoms. The minimum Gasteiger partial charge on any atom is -0.197 e. The molecule has 0 radical (unpaired) electrons. The number of benzene rings is 1. The van der Waals surface area contributed by atoms with Gasteiger partial charge in [-0.25, -0.2) is 0 Å². The Labute approximate surface area is 130 Å². The minimum absolute atomic E-state index is 0.0481. The molecule has 1 unspecified atom stereocenters. The Morgan fingerprint density at radius 1 is 1.09 bits per heavy atom. The molecule has 0 aliphatic heterocycles. The van der Waals surface area contributed by atoms with Gasteiger partial charge in [-0.05, 0) is 35.6 Å². The van der Waals surface area contributed by atoms with E-state index in [1.807, 2.05) is 42.5 Å². The maximum Gasteiger partial charge on any atom is 0.0997 e. The van der Waals surface area contributed by atoms with Crippen molar-refractivity contribution in [2.75, 3.05) is 0 Å². The van der Waals surface area contributed by atoms with Gasteiger partial charge in [0.1, 0.15) is 0 Å². The maximum atomic E-state index is 10.0. The summed E-state index contributed by atoms with van der Waals surface area (Å²) in [6.45, 7) is 0. The molecule has 3 aliphatic carbocycles. The first-order valence-electron chi connectivity index (χ1n) is 7.48. The summed E-state index contributed by atoms with van der Waals surface area (Å²) in [5.74, 6) is 0.0481. The van der Waals surface area contributed by atoms with Crippen molar-refractivity contribution >= 4 is 0 Å². The SMILES string of the molecule is N#CC1=C2C=CCC3=C2C(C=C1)[C@](C#N)(c1ccccc1)C3. The van der Waals surface area contributed by atoms with Crippen molar-refractivity contribution in [1.29, 1.82) is 10.5 Å². The average Bonchev–Trinajstić information content (AvgIpc) is 2.93. The fourth-order valence-corrected chi connectivity index (χ4v) is 4.02. The monoisotopic (exact) mass is 282 g/mol. The number of rotatable bonds is 1. The summed E-state index contributed by atoms with van der Waals surface area (Å²) in [5, 5.41) is 19.4. The zero-order valence-corrected chi connectivity index (χ0v) is 12.1. The standard InChI is InChI=1S/C20H14N2/c21-12-15-9-10-18-19-14(5-4-8-17(15)19)11-20(18,13-22)16-6-2-1-3-7-16/h1-4,6-10,18H,5,11H2/t18?,20-/m1/s1. The number of nitrogens with zero attached hydrogens (tertiary/aromatic N) is 2. The smallest absolute Gasteiger partial charge is 0.0997 e. The highest BCUT2D eigenvalue weighted by atomic mass is 14.5. The van der Waals surface area contributed by atoms with Gasteiger partial charge in [0.25, 0.3) is 0 Å². The predicted molar refractivity (Wildman–Crippen MR) is 84.4 cm³/mol. The molecule has 0 amide bonds. The summed E-state index contributed by atoms with van der Waals surface area (Å²) in [6, 6.07) is 15.0. The van der Waals surface area contributed by atoms with Gasteiger partial charge in [0.05, 0.1) is 23.1 Å². The molecule has 0 heterocycles. The van der Waals surface area contributed by atoms with Gasteiger partial charge < -0.3 is 0 Å². The van der Waals surface area contributed by atoms with Crippen LogP contribution in [-0.4, -0.2) is 0 Å². The predicted octanol–water partition coefficient (Wildman–Crippen LogP) is 4.11. The van der Waals surface area contributed by atoms with E-state index in [4.69, 9.17) is 0 Å². The summed E-state index contributed by atoms with van der Waals surface area (Å²) < 4.78 is 0. The second-order valence-corrected chi connectivity index (χ2v) is 6.03. The van der Waals surface area contributed by atoms with Gasteiger partial charge in [-0.15, -0.1) is 0 Å². The molecular weight excluding hydrogens is 268 g/mol. The molecule has 1 aromatic rings. The fourth-order valence-electron chi connectivity index (χ4n) is 4.02. The molecule has 0 fully saturated rings. The average molecular weight is 282 g/mol. The van der Waals surface area contributed by atoms with Gasteiger partial charge in [0, 0.05) is 5.92 Å². The lowest BCUT2D eigenvalue weighted by Gasteiger charge is -2.31. The highest BCUT2D eigenvalue weighted by Gasteiger charge is 2.50. The van der Waals surface area contributed by atoms with Crippen molar-refractivity contribution in [3.8, 4) is 12.1 Å². The lowest BCUT2D eigenvalue weighted by atomic mass is 9.68. The van der Waals surface area contributed by atoms with Crippen LogP contribution in [-0.2, 0) is 5.41 Å². The zero-order valence-electron chi connectivity index (χ0n) is 12.1. The van der Waals surface area contributed by atoms with Crippen LogP contribution in [0.4, 0.5) is 0 Å². The summed E-state index contributed by atoms with van der Waals surface area (Å²) in [6.07, 6.45) is 9.74. The number of nitriles is 2. The first kappa shape index (κ1) is 12.9. The first-order valence-corrected chi connectivity index (χ1v) is 7.48. The van der Waals surface area contributed by atoms with E-state index in [-0.39, 0.29) is 5.92 Å². The third-order valence-corrected chi connectivity index (χ3v) is 5.01. The summed E-state index contributed by atoms with van der Waals surface area (Å²) in [4.78, 5) is 0. The van der Waals surface area contributed by atoms with E-state index in [1.165, 1.54) is 11.1 Å². The molecular formula is C20H14N2. The molecule has 1 aromatic carbocycles. The van der Waals surface area contributed by atoms with E-state index in [0.717, 1.165) is 24.0 Å². The van der Waals surface area contributed by atoms with Crippen LogP contribution < -0.4 is 0 Å². The normalized spacial score (nSPS) is 28.4. The third-order valence-electron chi connectivity index (χ3n) is 5.01. The topological polar surface area (TPSA) is 47.6 Å². The van der Waals surface area contributed by atoms with Crippen LogP contribution in [0.5, 0.6) is 0 Å². The van der Waals surface area contributed by atoms with E-state index >= 15 is 0 Å². The van der Waals surface area contributed by atoms with E-state index in [2.05, 4.69) is 24.3 Å². The lowest BCUT2D eigenvalue weighted by molar-refractivity contribution is 0.489. The molecule has 104 valence electrons. The molecule has 3 aliphatic rings. The van der Waals surface area contributed by atoms with Crippen LogP contribution in [0.3, 0.4) is 0 Å². The number of allylic oxidation sites excluding steroid dienone is 8. The molecule has 0 N–H and O–H groups in total. The second kappa shape index (κ2) is 4.58. The molecule has 0 spiro atoms. The molecule has 22 heavy (non-hydrogen) atoms. The Morgan fingerprint density at radius 3 is 2.64 bits per heavy atom. The fraction of sp³-hybridized carbons (Fsp3) is 0.200. The number of hydrogen-bond acceptors (Lipinski definition) is 2. The summed E-state index contributed by atoms with van der Waals surface area (Å²) >= 11 is 0. The Balaban J connectivity index is 1.92. The van der Waals surface area contributed by atoms with E-state index in [1.54, 1.807) is 0 Å².